The molecule has 3 N–H and O–H groups in total. The van der Waals surface area contributed by atoms with Gasteiger partial charge in [0.25, 0.3) is 0 Å². The number of rotatable bonds is 5. The van der Waals surface area contributed by atoms with Gasteiger partial charge in [-0.1, -0.05) is 0 Å². The number of sulfonamides is 1. The highest BCUT2D eigenvalue weighted by atomic mass is 32.2. The molecule has 0 aliphatic heterocycles. The molecule has 0 aromatic heterocycles. The largest absolute Gasteiger partial charge is 0.370 e. The van der Waals surface area contributed by atoms with Gasteiger partial charge in [0.15, 0.2) is 0 Å². The Labute approximate surface area is 66.0 Å². The van der Waals surface area contributed by atoms with Gasteiger partial charge in [-0.15, -0.1) is 0 Å². The first-order valence-electron chi connectivity index (χ1n) is 3.15. The molecule has 11 heavy (non-hydrogen) atoms. The monoisotopic (exact) mass is 180 g/mol. The zero-order valence-electron chi connectivity index (χ0n) is 6.33. The Bertz CT molecular complexity index is 222. The predicted molar refractivity (Wildman–Crippen MR) is 41.3 cm³/mol. The molecule has 0 bridgehead atoms. The molecule has 0 heterocycles. The molecular formula is C5H12N2O3S. The van der Waals surface area contributed by atoms with Crippen LogP contribution in [0.4, 0.5) is 0 Å². The summed E-state index contributed by atoms with van der Waals surface area (Å²) >= 11 is 0. The smallest absolute Gasteiger partial charge is 0.217 e. The van der Waals surface area contributed by atoms with Crippen molar-refractivity contribution in [2.75, 3.05) is 12.8 Å². The van der Waals surface area contributed by atoms with Gasteiger partial charge >= 0.3 is 0 Å². The van der Waals surface area contributed by atoms with Gasteiger partial charge in [-0.25, -0.2) is 13.1 Å². The van der Waals surface area contributed by atoms with Crippen molar-refractivity contribution in [2.45, 2.75) is 12.8 Å². The SMILES string of the molecule is CS(=O)(=O)NCCCC(N)=O. The maximum Gasteiger partial charge on any atom is 0.217 e. The van der Waals surface area contributed by atoms with Crippen molar-refractivity contribution >= 4 is 15.9 Å². The number of hydrogen-bond donors (Lipinski definition) is 2. The summed E-state index contributed by atoms with van der Waals surface area (Å²) in [6.45, 7) is 0.266. The molecule has 0 radical (unpaired) electrons. The second-order valence-electron chi connectivity index (χ2n) is 2.24. The van der Waals surface area contributed by atoms with E-state index in [1.165, 1.54) is 0 Å². The molecule has 66 valence electrons. The summed E-state index contributed by atoms with van der Waals surface area (Å²) in [7, 11) is -3.12. The van der Waals surface area contributed by atoms with Gasteiger partial charge < -0.3 is 5.73 Å². The van der Waals surface area contributed by atoms with Gasteiger partial charge in [0.1, 0.15) is 0 Å². The van der Waals surface area contributed by atoms with Gasteiger partial charge in [0, 0.05) is 13.0 Å². The summed E-state index contributed by atoms with van der Waals surface area (Å²) in [6.07, 6.45) is 1.72. The highest BCUT2D eigenvalue weighted by Gasteiger charge is 1.99. The summed E-state index contributed by atoms with van der Waals surface area (Å²) in [6, 6.07) is 0. The third kappa shape index (κ3) is 9.38. The van der Waals surface area contributed by atoms with Crippen molar-refractivity contribution in [2.24, 2.45) is 5.73 Å². The molecule has 0 saturated heterocycles. The lowest BCUT2D eigenvalue weighted by Crippen LogP contribution is -2.24. The summed E-state index contributed by atoms with van der Waals surface area (Å²) < 4.78 is 23.1. The second kappa shape index (κ2) is 4.30. The Morgan fingerprint density at radius 3 is 2.45 bits per heavy atom. The molecule has 0 aromatic carbocycles. The van der Waals surface area contributed by atoms with Gasteiger partial charge in [-0.3, -0.25) is 4.79 Å². The quantitative estimate of drug-likeness (QED) is 0.521. The fourth-order valence-electron chi connectivity index (χ4n) is 0.520. The Morgan fingerprint density at radius 1 is 1.55 bits per heavy atom. The Balaban J connectivity index is 3.37. The van der Waals surface area contributed by atoms with Crippen LogP contribution in [-0.2, 0) is 14.8 Å². The second-order valence-corrected chi connectivity index (χ2v) is 4.07. The van der Waals surface area contributed by atoms with E-state index < -0.39 is 15.9 Å². The molecule has 0 unspecified atom stereocenters. The van der Waals surface area contributed by atoms with Crippen molar-refractivity contribution < 1.29 is 13.2 Å². The lowest BCUT2D eigenvalue weighted by molar-refractivity contribution is -0.118. The van der Waals surface area contributed by atoms with Crippen LogP contribution in [0.5, 0.6) is 0 Å². The third-order valence-electron chi connectivity index (χ3n) is 0.964. The lowest BCUT2D eigenvalue weighted by Gasteiger charge is -1.98. The predicted octanol–water partition coefficient (Wildman–Crippen LogP) is -1.20. The molecule has 0 spiro atoms. The maximum atomic E-state index is 10.4. The fraction of sp³-hybridized carbons (Fsp3) is 0.800. The first-order valence-corrected chi connectivity index (χ1v) is 5.04. The molecule has 0 saturated carbocycles. The Hall–Kier alpha value is -0.620. The van der Waals surface area contributed by atoms with E-state index in [2.05, 4.69) is 4.72 Å². The molecule has 0 aromatic rings. The average molecular weight is 180 g/mol. The van der Waals surface area contributed by atoms with Crippen LogP contribution in [0.3, 0.4) is 0 Å². The Morgan fingerprint density at radius 2 is 2.09 bits per heavy atom. The van der Waals surface area contributed by atoms with Crippen molar-refractivity contribution in [3.8, 4) is 0 Å². The van der Waals surface area contributed by atoms with Gasteiger partial charge in [-0.2, -0.15) is 0 Å². The van der Waals surface area contributed by atoms with Crippen LogP contribution in [0.2, 0.25) is 0 Å². The van der Waals surface area contributed by atoms with E-state index in [1.54, 1.807) is 0 Å². The van der Waals surface area contributed by atoms with E-state index in [0.29, 0.717) is 6.42 Å². The van der Waals surface area contributed by atoms with Crippen LogP contribution >= 0.6 is 0 Å². The third-order valence-corrected chi connectivity index (χ3v) is 1.69. The van der Waals surface area contributed by atoms with Crippen molar-refractivity contribution in [1.82, 2.24) is 4.72 Å². The highest BCUT2D eigenvalue weighted by molar-refractivity contribution is 7.88. The molecule has 0 rings (SSSR count). The Kier molecular flexibility index (Phi) is 4.06. The summed E-state index contributed by atoms with van der Waals surface area (Å²) in [5, 5.41) is 0. The van der Waals surface area contributed by atoms with Gasteiger partial charge in [-0.05, 0) is 6.42 Å². The summed E-state index contributed by atoms with van der Waals surface area (Å²) in [4.78, 5) is 10.2. The molecule has 0 aliphatic carbocycles. The molecule has 0 fully saturated rings. The van der Waals surface area contributed by atoms with E-state index in [0.717, 1.165) is 6.26 Å². The molecule has 6 heteroatoms. The first kappa shape index (κ1) is 10.4. The van der Waals surface area contributed by atoms with E-state index in [9.17, 15) is 13.2 Å². The van der Waals surface area contributed by atoms with Crippen LogP contribution in [0.1, 0.15) is 12.8 Å². The topological polar surface area (TPSA) is 89.3 Å². The van der Waals surface area contributed by atoms with E-state index in [4.69, 9.17) is 5.73 Å². The summed E-state index contributed by atoms with van der Waals surface area (Å²) in [5.41, 5.74) is 4.83. The number of carbonyl (C=O) groups is 1. The van der Waals surface area contributed by atoms with Gasteiger partial charge in [0.2, 0.25) is 15.9 Å². The number of primary amides is 1. The molecule has 0 aliphatic rings. The maximum absolute atomic E-state index is 10.4. The number of amides is 1. The summed E-state index contributed by atoms with van der Waals surface area (Å²) in [5.74, 6) is -0.416. The van der Waals surface area contributed by atoms with E-state index >= 15 is 0 Å². The first-order chi connectivity index (χ1) is 4.92. The highest BCUT2D eigenvalue weighted by Crippen LogP contribution is 1.85. The standard InChI is InChI=1S/C5H12N2O3S/c1-11(9,10)7-4-2-3-5(6)8/h7H,2-4H2,1H3,(H2,6,8). The number of hydrogen-bond acceptors (Lipinski definition) is 3. The fourth-order valence-corrected chi connectivity index (χ4v) is 1.04. The minimum Gasteiger partial charge on any atom is -0.370 e. The lowest BCUT2D eigenvalue weighted by atomic mass is 10.3. The van der Waals surface area contributed by atoms with Crippen LogP contribution in [0.15, 0.2) is 0 Å². The van der Waals surface area contributed by atoms with Crippen LogP contribution in [0, 0.1) is 0 Å². The van der Waals surface area contributed by atoms with Crippen molar-refractivity contribution in [3.63, 3.8) is 0 Å². The van der Waals surface area contributed by atoms with E-state index in [1.807, 2.05) is 0 Å². The number of nitrogens with one attached hydrogen (secondary N) is 1. The zero-order valence-corrected chi connectivity index (χ0v) is 7.15. The normalized spacial score (nSPS) is 11.4. The van der Waals surface area contributed by atoms with Crippen molar-refractivity contribution in [1.29, 1.82) is 0 Å². The van der Waals surface area contributed by atoms with E-state index in [-0.39, 0.29) is 13.0 Å². The number of carbonyl (C=O) groups excluding carboxylic acids is 1. The van der Waals surface area contributed by atoms with Crippen LogP contribution in [-0.4, -0.2) is 27.1 Å². The minimum atomic E-state index is -3.12. The number of nitrogens with two attached hydrogens (primary N) is 1. The van der Waals surface area contributed by atoms with Crippen molar-refractivity contribution in [3.05, 3.63) is 0 Å². The average Bonchev–Trinajstić information content (AvgIpc) is 1.78. The minimum absolute atomic E-state index is 0.211. The zero-order chi connectivity index (χ0) is 8.91. The van der Waals surface area contributed by atoms with Crippen LogP contribution < -0.4 is 10.5 Å². The molecular weight excluding hydrogens is 168 g/mol. The molecule has 1 amide bonds. The molecule has 5 nitrogen and oxygen atoms in total. The van der Waals surface area contributed by atoms with Crippen LogP contribution in [0.25, 0.3) is 0 Å². The molecule has 0 atom stereocenters. The van der Waals surface area contributed by atoms with Gasteiger partial charge in [0.05, 0.1) is 6.26 Å².